The third-order valence-electron chi connectivity index (χ3n) is 4.44. The molecule has 0 saturated heterocycles. The number of hydrogen-bond acceptors (Lipinski definition) is 3. The zero-order chi connectivity index (χ0) is 15.2. The summed E-state index contributed by atoms with van der Waals surface area (Å²) in [5, 5.41) is 3.13. The average Bonchev–Trinajstić information content (AvgIpc) is 2.75. The van der Waals surface area contributed by atoms with Crippen LogP contribution in [-0.4, -0.2) is 19.1 Å². The molecule has 1 saturated carbocycles. The molecule has 2 rings (SSSR count). The molecule has 0 bridgehead atoms. The van der Waals surface area contributed by atoms with E-state index in [1.54, 1.807) is 25.3 Å². The highest BCUT2D eigenvalue weighted by atomic mass is 16.5. The van der Waals surface area contributed by atoms with Gasteiger partial charge in [0.05, 0.1) is 12.7 Å². The number of anilines is 1. The Morgan fingerprint density at radius 1 is 1.29 bits per heavy atom. The molecule has 0 aliphatic heterocycles. The minimum atomic E-state index is -0.0800. The van der Waals surface area contributed by atoms with Gasteiger partial charge < -0.3 is 15.8 Å². The molecule has 1 aromatic carbocycles. The average molecular weight is 290 g/mol. The molecule has 0 aromatic heterocycles. The molecule has 1 aliphatic rings. The zero-order valence-electron chi connectivity index (χ0n) is 13.0. The van der Waals surface area contributed by atoms with Crippen LogP contribution in [0.25, 0.3) is 0 Å². The first-order chi connectivity index (χ1) is 10.1. The Kier molecular flexibility index (Phi) is 5.48. The minimum Gasteiger partial charge on any atom is -0.496 e. The van der Waals surface area contributed by atoms with Crippen molar-refractivity contribution in [3.63, 3.8) is 0 Å². The van der Waals surface area contributed by atoms with Crippen molar-refractivity contribution in [2.24, 2.45) is 5.92 Å². The smallest absolute Gasteiger partial charge is 0.255 e. The Labute approximate surface area is 127 Å². The van der Waals surface area contributed by atoms with Gasteiger partial charge in [0.2, 0.25) is 0 Å². The van der Waals surface area contributed by atoms with Crippen molar-refractivity contribution < 1.29 is 9.53 Å². The summed E-state index contributed by atoms with van der Waals surface area (Å²) in [5.74, 6) is 1.03. The van der Waals surface area contributed by atoms with Crippen molar-refractivity contribution in [1.82, 2.24) is 5.32 Å². The van der Waals surface area contributed by atoms with E-state index in [4.69, 9.17) is 10.5 Å². The number of rotatable bonds is 4. The standard InChI is InChI=1S/C17H26N2O2/c1-12(13-7-5-3-4-6-8-13)19-17(20)15-10-9-14(18)11-16(15)21-2/h9-13H,3-8,18H2,1-2H3,(H,19,20)/t12-/m0/s1. The molecule has 4 nitrogen and oxygen atoms in total. The maximum Gasteiger partial charge on any atom is 0.255 e. The molecule has 1 aromatic rings. The highest BCUT2D eigenvalue weighted by molar-refractivity contribution is 5.97. The number of nitrogens with two attached hydrogens (primary N) is 1. The van der Waals surface area contributed by atoms with Gasteiger partial charge in [-0.05, 0) is 37.8 Å². The van der Waals surface area contributed by atoms with Crippen LogP contribution in [0.15, 0.2) is 18.2 Å². The fourth-order valence-electron chi connectivity index (χ4n) is 3.11. The van der Waals surface area contributed by atoms with Gasteiger partial charge in [0.1, 0.15) is 5.75 Å². The lowest BCUT2D eigenvalue weighted by Gasteiger charge is -2.24. The molecule has 21 heavy (non-hydrogen) atoms. The molecular weight excluding hydrogens is 264 g/mol. The van der Waals surface area contributed by atoms with Crippen molar-refractivity contribution in [2.75, 3.05) is 12.8 Å². The fourth-order valence-corrected chi connectivity index (χ4v) is 3.11. The summed E-state index contributed by atoms with van der Waals surface area (Å²) in [6.45, 7) is 2.11. The molecule has 0 heterocycles. The number of ether oxygens (including phenoxy) is 1. The van der Waals surface area contributed by atoms with Crippen molar-refractivity contribution in [3.05, 3.63) is 23.8 Å². The first-order valence-corrected chi connectivity index (χ1v) is 7.86. The van der Waals surface area contributed by atoms with Crippen molar-refractivity contribution in [2.45, 2.75) is 51.5 Å². The number of benzene rings is 1. The summed E-state index contributed by atoms with van der Waals surface area (Å²) in [6, 6.07) is 5.33. The molecule has 0 radical (unpaired) electrons. The van der Waals surface area contributed by atoms with Crippen LogP contribution >= 0.6 is 0 Å². The SMILES string of the molecule is COc1cc(N)ccc1C(=O)N[C@@H](C)C1CCCCCC1. The summed E-state index contributed by atoms with van der Waals surface area (Å²) >= 11 is 0. The molecular formula is C17H26N2O2. The molecule has 1 fully saturated rings. The Balaban J connectivity index is 2.03. The van der Waals surface area contributed by atoms with Crippen LogP contribution in [0.4, 0.5) is 5.69 Å². The topological polar surface area (TPSA) is 64.3 Å². The Bertz CT molecular complexity index is 480. The van der Waals surface area contributed by atoms with Gasteiger partial charge in [-0.15, -0.1) is 0 Å². The van der Waals surface area contributed by atoms with E-state index < -0.39 is 0 Å². The lowest BCUT2D eigenvalue weighted by Crippen LogP contribution is -2.38. The molecule has 1 amide bonds. The molecule has 4 heteroatoms. The van der Waals surface area contributed by atoms with E-state index in [9.17, 15) is 4.79 Å². The number of carbonyl (C=O) groups is 1. The number of amides is 1. The van der Waals surface area contributed by atoms with Gasteiger partial charge in [-0.2, -0.15) is 0 Å². The van der Waals surface area contributed by atoms with Gasteiger partial charge in [0, 0.05) is 17.8 Å². The lowest BCUT2D eigenvalue weighted by atomic mass is 9.93. The third-order valence-corrected chi connectivity index (χ3v) is 4.44. The maximum absolute atomic E-state index is 12.4. The van der Waals surface area contributed by atoms with Gasteiger partial charge in [-0.3, -0.25) is 4.79 Å². The van der Waals surface area contributed by atoms with E-state index in [1.807, 2.05) is 0 Å². The highest BCUT2D eigenvalue weighted by Crippen LogP contribution is 2.26. The van der Waals surface area contributed by atoms with E-state index in [1.165, 1.54) is 38.5 Å². The fraction of sp³-hybridized carbons (Fsp3) is 0.588. The molecule has 0 unspecified atom stereocenters. The molecule has 1 aliphatic carbocycles. The normalized spacial score (nSPS) is 17.8. The number of carbonyl (C=O) groups excluding carboxylic acids is 1. The van der Waals surface area contributed by atoms with Crippen molar-refractivity contribution in [3.8, 4) is 5.75 Å². The Morgan fingerprint density at radius 2 is 1.95 bits per heavy atom. The van der Waals surface area contributed by atoms with E-state index >= 15 is 0 Å². The second kappa shape index (κ2) is 7.34. The summed E-state index contributed by atoms with van der Waals surface area (Å²) < 4.78 is 5.25. The van der Waals surface area contributed by atoms with Crippen LogP contribution in [0.1, 0.15) is 55.8 Å². The van der Waals surface area contributed by atoms with Crippen LogP contribution in [0.2, 0.25) is 0 Å². The Morgan fingerprint density at radius 3 is 2.57 bits per heavy atom. The van der Waals surface area contributed by atoms with Crippen LogP contribution in [0, 0.1) is 5.92 Å². The Hall–Kier alpha value is -1.71. The van der Waals surface area contributed by atoms with E-state index in [-0.39, 0.29) is 11.9 Å². The van der Waals surface area contributed by atoms with Gasteiger partial charge in [-0.1, -0.05) is 25.7 Å². The van der Waals surface area contributed by atoms with Crippen molar-refractivity contribution in [1.29, 1.82) is 0 Å². The number of nitrogens with one attached hydrogen (secondary N) is 1. The van der Waals surface area contributed by atoms with Crippen LogP contribution in [0.5, 0.6) is 5.75 Å². The summed E-state index contributed by atoms with van der Waals surface area (Å²) in [4.78, 5) is 12.4. The minimum absolute atomic E-state index is 0.0800. The number of nitrogen functional groups attached to an aromatic ring is 1. The monoisotopic (exact) mass is 290 g/mol. The van der Waals surface area contributed by atoms with Crippen LogP contribution < -0.4 is 15.8 Å². The van der Waals surface area contributed by atoms with Crippen molar-refractivity contribution >= 4 is 11.6 Å². The first kappa shape index (κ1) is 15.7. The van der Waals surface area contributed by atoms with Gasteiger partial charge in [-0.25, -0.2) is 0 Å². The molecule has 0 spiro atoms. The highest BCUT2D eigenvalue weighted by Gasteiger charge is 2.22. The van der Waals surface area contributed by atoms with Gasteiger partial charge in [0.15, 0.2) is 0 Å². The molecule has 1 atom stereocenters. The largest absolute Gasteiger partial charge is 0.496 e. The van der Waals surface area contributed by atoms with E-state index in [0.29, 0.717) is 22.9 Å². The summed E-state index contributed by atoms with van der Waals surface area (Å²) in [5.41, 5.74) is 6.87. The number of hydrogen-bond donors (Lipinski definition) is 2. The second-order valence-corrected chi connectivity index (χ2v) is 5.97. The lowest BCUT2D eigenvalue weighted by molar-refractivity contribution is 0.0921. The van der Waals surface area contributed by atoms with E-state index in [0.717, 1.165) is 0 Å². The molecule has 116 valence electrons. The van der Waals surface area contributed by atoms with Gasteiger partial charge >= 0.3 is 0 Å². The van der Waals surface area contributed by atoms with Crippen LogP contribution in [-0.2, 0) is 0 Å². The zero-order valence-corrected chi connectivity index (χ0v) is 13.0. The first-order valence-electron chi connectivity index (χ1n) is 7.86. The maximum atomic E-state index is 12.4. The summed E-state index contributed by atoms with van der Waals surface area (Å²) in [7, 11) is 1.56. The second-order valence-electron chi connectivity index (χ2n) is 5.97. The van der Waals surface area contributed by atoms with E-state index in [2.05, 4.69) is 12.2 Å². The summed E-state index contributed by atoms with van der Waals surface area (Å²) in [6.07, 6.45) is 7.61. The number of methoxy groups -OCH3 is 1. The predicted molar refractivity (Wildman–Crippen MR) is 85.5 cm³/mol. The molecule has 3 N–H and O–H groups in total. The van der Waals surface area contributed by atoms with Gasteiger partial charge in [0.25, 0.3) is 5.91 Å². The quantitative estimate of drug-likeness (QED) is 0.660. The van der Waals surface area contributed by atoms with Crippen LogP contribution in [0.3, 0.4) is 0 Å². The third kappa shape index (κ3) is 4.13. The predicted octanol–water partition coefficient (Wildman–Crippen LogP) is 3.37.